The minimum absolute atomic E-state index is 0.956. The van der Waals surface area contributed by atoms with Gasteiger partial charge < -0.3 is 4.98 Å². The molecule has 4 aromatic heterocycles. The summed E-state index contributed by atoms with van der Waals surface area (Å²) >= 11 is 0. The summed E-state index contributed by atoms with van der Waals surface area (Å²) in [6, 6.07) is 9.89. The van der Waals surface area contributed by atoms with Gasteiger partial charge in [0.2, 0.25) is 0 Å². The predicted octanol–water partition coefficient (Wildman–Crippen LogP) is 3.19. The zero-order valence-corrected chi connectivity index (χ0v) is 10.2. The van der Waals surface area contributed by atoms with Gasteiger partial charge in [0.1, 0.15) is 5.65 Å². The summed E-state index contributed by atoms with van der Waals surface area (Å²) in [5, 5.41) is 3.44. The van der Waals surface area contributed by atoms with Crippen LogP contribution in [0.2, 0.25) is 0 Å². The molecule has 1 N–H and O–H groups in total. The van der Waals surface area contributed by atoms with Crippen LogP contribution in [0.5, 0.6) is 0 Å². The van der Waals surface area contributed by atoms with E-state index in [0.717, 1.165) is 16.4 Å². The number of H-pyrrole nitrogens is 1. The number of nitrogens with zero attached hydrogens (tertiary/aromatic N) is 3. The van der Waals surface area contributed by atoms with Gasteiger partial charge in [0, 0.05) is 48.0 Å². The van der Waals surface area contributed by atoms with Crippen LogP contribution in [-0.2, 0) is 0 Å². The number of aromatic amines is 1. The van der Waals surface area contributed by atoms with E-state index in [4.69, 9.17) is 0 Å². The standard InChI is InChI=1S/C8H6N2.C7H6N2/c1-3-9-5-8-6-10-4-2-7(1)8;1-2-6-3-5-9-7(6)8-4-1/h1-6H;1-5H,(H,8,9). The van der Waals surface area contributed by atoms with E-state index in [9.17, 15) is 0 Å². The second-order valence-corrected chi connectivity index (χ2v) is 4.02. The van der Waals surface area contributed by atoms with Crippen molar-refractivity contribution in [2.45, 2.75) is 0 Å². The van der Waals surface area contributed by atoms with Crippen molar-refractivity contribution >= 4 is 21.8 Å². The highest BCUT2D eigenvalue weighted by molar-refractivity contribution is 5.79. The third kappa shape index (κ3) is 2.57. The highest BCUT2D eigenvalue weighted by Crippen LogP contribution is 2.07. The number of hydrogen-bond donors (Lipinski definition) is 1. The number of nitrogens with one attached hydrogen (secondary N) is 1. The Hall–Kier alpha value is -2.75. The first kappa shape index (κ1) is 11.3. The van der Waals surface area contributed by atoms with Crippen molar-refractivity contribution in [1.82, 2.24) is 19.9 Å². The van der Waals surface area contributed by atoms with Crippen LogP contribution in [0.1, 0.15) is 0 Å². The van der Waals surface area contributed by atoms with Crippen molar-refractivity contribution in [1.29, 1.82) is 0 Å². The smallest absolute Gasteiger partial charge is 0.137 e. The number of rotatable bonds is 0. The van der Waals surface area contributed by atoms with Crippen LogP contribution < -0.4 is 0 Å². The number of hydrogen-bond acceptors (Lipinski definition) is 3. The molecule has 0 bridgehead atoms. The summed E-state index contributed by atoms with van der Waals surface area (Å²) in [5.41, 5.74) is 0.956. The Bertz CT molecular complexity index is 696. The van der Waals surface area contributed by atoms with Crippen molar-refractivity contribution in [3.05, 3.63) is 67.5 Å². The van der Waals surface area contributed by atoms with Crippen molar-refractivity contribution in [2.24, 2.45) is 0 Å². The first-order valence-corrected chi connectivity index (χ1v) is 5.95. The zero-order valence-electron chi connectivity index (χ0n) is 10.2. The van der Waals surface area contributed by atoms with E-state index in [1.165, 1.54) is 5.39 Å². The summed E-state index contributed by atoms with van der Waals surface area (Å²) < 4.78 is 0. The van der Waals surface area contributed by atoms with Crippen molar-refractivity contribution in [3.8, 4) is 0 Å². The lowest BCUT2D eigenvalue weighted by Gasteiger charge is -1.91. The molecule has 0 amide bonds. The maximum Gasteiger partial charge on any atom is 0.137 e. The Balaban J connectivity index is 0.000000117. The van der Waals surface area contributed by atoms with Gasteiger partial charge in [-0.25, -0.2) is 4.98 Å². The molecule has 4 rings (SSSR count). The Labute approximate surface area is 110 Å². The summed E-state index contributed by atoms with van der Waals surface area (Å²) in [7, 11) is 0. The van der Waals surface area contributed by atoms with Crippen molar-refractivity contribution in [2.75, 3.05) is 0 Å². The lowest BCUT2D eigenvalue weighted by Crippen LogP contribution is -1.74. The van der Waals surface area contributed by atoms with Crippen molar-refractivity contribution < 1.29 is 0 Å². The number of pyridine rings is 3. The van der Waals surface area contributed by atoms with E-state index >= 15 is 0 Å². The molecule has 0 aromatic carbocycles. The molecule has 4 heterocycles. The topological polar surface area (TPSA) is 54.5 Å². The van der Waals surface area contributed by atoms with Gasteiger partial charge >= 0.3 is 0 Å². The Morgan fingerprint density at radius 2 is 1.53 bits per heavy atom. The van der Waals surface area contributed by atoms with Crippen LogP contribution in [0, 0.1) is 0 Å². The summed E-state index contributed by atoms with van der Waals surface area (Å²) in [6.07, 6.45) is 10.8. The fourth-order valence-corrected chi connectivity index (χ4v) is 1.81. The average Bonchev–Trinajstić information content (AvgIpc) is 2.96. The largest absolute Gasteiger partial charge is 0.346 e. The third-order valence-corrected chi connectivity index (χ3v) is 2.76. The molecule has 0 unspecified atom stereocenters. The van der Waals surface area contributed by atoms with Gasteiger partial charge in [-0.15, -0.1) is 0 Å². The molecule has 0 aliphatic rings. The number of aromatic nitrogens is 4. The SMILES string of the molecule is c1cc2ccncc2cn1.c1cnc2[nH]ccc2c1. The fourth-order valence-electron chi connectivity index (χ4n) is 1.81. The van der Waals surface area contributed by atoms with E-state index in [2.05, 4.69) is 19.9 Å². The molecule has 0 atom stereocenters. The first-order valence-electron chi connectivity index (χ1n) is 5.95. The minimum atomic E-state index is 0.956. The van der Waals surface area contributed by atoms with E-state index in [1.807, 2.05) is 48.9 Å². The molecule has 0 fully saturated rings. The van der Waals surface area contributed by atoms with Gasteiger partial charge in [0.05, 0.1) is 0 Å². The maximum absolute atomic E-state index is 4.09. The maximum atomic E-state index is 4.09. The normalized spacial score (nSPS) is 10.1. The van der Waals surface area contributed by atoms with Gasteiger partial charge in [0.25, 0.3) is 0 Å². The first-order chi connectivity index (χ1) is 9.43. The van der Waals surface area contributed by atoms with Gasteiger partial charge in [0.15, 0.2) is 0 Å². The van der Waals surface area contributed by atoms with E-state index in [0.29, 0.717) is 0 Å². The summed E-state index contributed by atoms with van der Waals surface area (Å²) in [5.74, 6) is 0. The number of fused-ring (bicyclic) bond motifs is 2. The van der Waals surface area contributed by atoms with Crippen LogP contribution in [0.15, 0.2) is 67.5 Å². The molecular formula is C15H12N4. The molecule has 0 radical (unpaired) electrons. The van der Waals surface area contributed by atoms with E-state index < -0.39 is 0 Å². The van der Waals surface area contributed by atoms with Gasteiger partial charge in [-0.05, 0) is 35.7 Å². The summed E-state index contributed by atoms with van der Waals surface area (Å²) in [6.45, 7) is 0. The molecule has 0 saturated carbocycles. The minimum Gasteiger partial charge on any atom is -0.346 e. The monoisotopic (exact) mass is 248 g/mol. The molecule has 92 valence electrons. The second-order valence-electron chi connectivity index (χ2n) is 4.02. The predicted molar refractivity (Wildman–Crippen MR) is 75.6 cm³/mol. The molecule has 4 aromatic rings. The third-order valence-electron chi connectivity index (χ3n) is 2.76. The molecule has 0 saturated heterocycles. The highest BCUT2D eigenvalue weighted by atomic mass is 14.8. The molecule has 0 aliphatic heterocycles. The molecule has 0 spiro atoms. The van der Waals surface area contributed by atoms with Crippen LogP contribution in [-0.4, -0.2) is 19.9 Å². The summed E-state index contributed by atoms with van der Waals surface area (Å²) in [4.78, 5) is 15.0. The molecule has 4 heteroatoms. The van der Waals surface area contributed by atoms with Gasteiger partial charge in [-0.1, -0.05) is 0 Å². The van der Waals surface area contributed by atoms with Crippen LogP contribution >= 0.6 is 0 Å². The molecule has 19 heavy (non-hydrogen) atoms. The molecular weight excluding hydrogens is 236 g/mol. The average molecular weight is 248 g/mol. The fraction of sp³-hybridized carbons (Fsp3) is 0. The van der Waals surface area contributed by atoms with E-state index in [-0.39, 0.29) is 0 Å². The van der Waals surface area contributed by atoms with Crippen molar-refractivity contribution in [3.63, 3.8) is 0 Å². The van der Waals surface area contributed by atoms with Crippen LogP contribution in [0.4, 0.5) is 0 Å². The quantitative estimate of drug-likeness (QED) is 0.520. The Kier molecular flexibility index (Phi) is 3.14. The Morgan fingerprint density at radius 1 is 0.737 bits per heavy atom. The molecule has 0 aliphatic carbocycles. The zero-order chi connectivity index (χ0) is 12.9. The lowest BCUT2D eigenvalue weighted by molar-refractivity contribution is 1.32. The van der Waals surface area contributed by atoms with E-state index in [1.54, 1.807) is 18.6 Å². The van der Waals surface area contributed by atoms with Crippen LogP contribution in [0.25, 0.3) is 21.8 Å². The molecule has 4 nitrogen and oxygen atoms in total. The van der Waals surface area contributed by atoms with Gasteiger partial charge in [-0.3, -0.25) is 9.97 Å². The second kappa shape index (κ2) is 5.27. The van der Waals surface area contributed by atoms with Gasteiger partial charge in [-0.2, -0.15) is 0 Å². The van der Waals surface area contributed by atoms with Crippen LogP contribution in [0.3, 0.4) is 0 Å². The highest BCUT2D eigenvalue weighted by Gasteiger charge is 1.88. The Morgan fingerprint density at radius 3 is 2.21 bits per heavy atom. The lowest BCUT2D eigenvalue weighted by atomic mass is 10.2.